The first kappa shape index (κ1) is 92.9. The first-order chi connectivity index (χ1) is 57.7. The highest BCUT2D eigenvalue weighted by Gasteiger charge is 2.27. The molecule has 2 saturated heterocycles. The summed E-state index contributed by atoms with van der Waals surface area (Å²) in [5.74, 6) is -0.225. The van der Waals surface area contributed by atoms with Crippen LogP contribution in [0.25, 0.3) is 83.7 Å². The lowest BCUT2D eigenvalue weighted by Gasteiger charge is -2.36. The Hall–Kier alpha value is -10.4. The first-order valence-electron chi connectivity index (χ1n) is 37.0. The number of imidazole rings is 3. The Kier molecular flexibility index (Phi) is 32.5. The number of carbonyl (C=O) groups is 4. The molecule has 0 saturated carbocycles. The molecule has 2 aliphatic heterocycles. The Labute approximate surface area is 729 Å². The molecule has 0 atom stereocenters. The topological polar surface area (TPSA) is 488 Å². The van der Waals surface area contributed by atoms with Crippen molar-refractivity contribution in [2.75, 3.05) is 118 Å². The van der Waals surface area contributed by atoms with Crippen molar-refractivity contribution in [2.24, 2.45) is 5.14 Å². The van der Waals surface area contributed by atoms with E-state index in [0.29, 0.717) is 81.1 Å². The van der Waals surface area contributed by atoms with Gasteiger partial charge in [-0.25, -0.2) is 67.8 Å². The van der Waals surface area contributed by atoms with Crippen molar-refractivity contribution in [3.63, 3.8) is 0 Å². The van der Waals surface area contributed by atoms with Crippen LogP contribution >= 0.6 is 71.0 Å². The summed E-state index contributed by atoms with van der Waals surface area (Å²) in [6.07, 6.45) is 9.72. The van der Waals surface area contributed by atoms with Gasteiger partial charge in [-0.15, -0.1) is 0 Å². The first-order valence-corrected chi connectivity index (χ1v) is 48.0. The number of anilines is 3. The molecule has 0 bridgehead atoms. The van der Waals surface area contributed by atoms with Gasteiger partial charge in [0.05, 0.1) is 83.6 Å². The minimum Gasteiger partial charge on any atom is -0.508 e. The van der Waals surface area contributed by atoms with Crippen LogP contribution in [0, 0.1) is 0 Å². The summed E-state index contributed by atoms with van der Waals surface area (Å²) in [4.78, 5) is 94.1. The predicted molar refractivity (Wildman–Crippen MR) is 475 cm³/mol. The molecule has 0 spiro atoms. The van der Waals surface area contributed by atoms with Gasteiger partial charge in [-0.05, 0) is 113 Å². The average Bonchev–Trinajstić information content (AvgIpc) is 1.28. The molecule has 121 heavy (non-hydrogen) atoms. The third kappa shape index (κ3) is 25.6. The Morgan fingerprint density at radius 2 is 0.851 bits per heavy atom. The van der Waals surface area contributed by atoms with Gasteiger partial charge in [-0.3, -0.25) is 19.2 Å². The molecule has 640 valence electrons. The third-order valence-electron chi connectivity index (χ3n) is 18.0. The van der Waals surface area contributed by atoms with Crippen LogP contribution in [0.1, 0.15) is 27.7 Å². The van der Waals surface area contributed by atoms with E-state index in [2.05, 4.69) is 128 Å². The van der Waals surface area contributed by atoms with Gasteiger partial charge < -0.3 is 44.3 Å². The van der Waals surface area contributed by atoms with Crippen LogP contribution in [0.3, 0.4) is 0 Å². The number of hydrogen-bond acceptors (Lipinski definition) is 30. The maximum atomic E-state index is 12.7. The maximum Gasteiger partial charge on any atom is 0.229 e. The molecule has 2 fully saturated rings. The number of aromatic nitrogens is 18. The number of fused-ring (bicyclic) bond motifs is 6. The number of alkyl halides is 2. The van der Waals surface area contributed by atoms with Crippen molar-refractivity contribution in [1.29, 1.82) is 0 Å². The number of Topliss-reactive ketones (excluding diaryl/α,β-unsaturated/α-hetero) is 3. The number of benzene rings is 5. The lowest BCUT2D eigenvalue weighted by Crippen LogP contribution is -2.47. The number of piperazine rings is 2. The number of hydrogen-bond donors (Lipinski definition) is 5. The van der Waals surface area contributed by atoms with Crippen LogP contribution in [0.2, 0.25) is 10.6 Å². The lowest BCUT2D eigenvalue weighted by atomic mass is 10.2. The van der Waals surface area contributed by atoms with Crippen LogP contribution < -0.4 is 25.2 Å². The quantitative estimate of drug-likeness (QED) is 0.0242. The van der Waals surface area contributed by atoms with Crippen LogP contribution in [0.5, 0.6) is 11.5 Å². The maximum absolute atomic E-state index is 12.7. The van der Waals surface area contributed by atoms with E-state index in [1.807, 2.05) is 97.1 Å². The summed E-state index contributed by atoms with van der Waals surface area (Å²) in [5, 5.41) is 43.4. The molecule has 0 unspecified atom stereocenters. The second kappa shape index (κ2) is 42.4. The summed E-state index contributed by atoms with van der Waals surface area (Å²) in [6, 6.07) is 37.8. The zero-order valence-corrected chi connectivity index (χ0v) is 74.8. The van der Waals surface area contributed by atoms with Gasteiger partial charge in [-0.2, -0.15) is 45.2 Å². The Morgan fingerprint density at radius 3 is 1.27 bits per heavy atom. The van der Waals surface area contributed by atoms with E-state index in [-0.39, 0.29) is 74.0 Å². The Morgan fingerprint density at radius 1 is 0.471 bits per heavy atom. The van der Waals surface area contributed by atoms with Crippen molar-refractivity contribution in [3.8, 4) is 29.0 Å². The summed E-state index contributed by atoms with van der Waals surface area (Å²) in [7, 11) is -13.1. The normalized spacial score (nSPS) is 13.0. The second-order valence-corrected chi connectivity index (χ2v) is 38.1. The summed E-state index contributed by atoms with van der Waals surface area (Å²) < 4.78 is 96.5. The number of halogens is 5. The Bertz CT molecular complexity index is 6470. The molecule has 0 radical (unpaired) electrons. The molecule has 46 heteroatoms. The van der Waals surface area contributed by atoms with Gasteiger partial charge in [-0.1, -0.05) is 107 Å². The molecule has 0 amide bonds. The number of rotatable bonds is 22. The zero-order valence-electron chi connectivity index (χ0n) is 65.3. The number of nitrogens with zero attached hydrogens (tertiary/aromatic N) is 20. The second-order valence-electron chi connectivity index (χ2n) is 26.5. The van der Waals surface area contributed by atoms with Gasteiger partial charge in [0.2, 0.25) is 31.2 Å². The van der Waals surface area contributed by atoms with Crippen LogP contribution in [0.4, 0.5) is 17.3 Å². The van der Waals surface area contributed by atoms with Crippen molar-refractivity contribution < 1.29 is 63.1 Å². The van der Waals surface area contributed by atoms with Crippen molar-refractivity contribution in [2.45, 2.75) is 40.8 Å². The molecule has 11 heterocycles. The van der Waals surface area contributed by atoms with E-state index < -0.39 is 62.6 Å². The number of phenolic OH excluding ortho intramolecular Hbond substituents is 2. The predicted octanol–water partition coefficient (Wildman–Crippen LogP) is 8.15. The van der Waals surface area contributed by atoms with E-state index in [4.69, 9.17) is 38.3 Å². The SMILES string of the molecule is CCS(=O)(=O)CC(=O)CBr.CCS(=O)(=O)CC(=O)Cn1cnc2c(-n3ncc4ccccc43)nc(Cl)nc21.CCS(=O)(=O)CC(=O)Cn1cnc2c(-n3ncc4ccccc43)nc(N3CCN(c4ccc(O)cc4)CC3)nc21.CCS(N)(=O)=O.Clc1nc(-n2ncc3ccccc32)c2[nH]cnc2n1.O=C(Br)CBr.Oc1ccc(N2CCNCC2)cc1. The minimum absolute atomic E-state index is 0.0162. The monoisotopic (exact) mass is 1960 g/mol. The summed E-state index contributed by atoms with van der Waals surface area (Å²) in [6.45, 7) is 12.6. The van der Waals surface area contributed by atoms with Crippen LogP contribution in [0.15, 0.2) is 159 Å². The Balaban J connectivity index is 0.000000165. The zero-order chi connectivity index (χ0) is 87.3. The van der Waals surface area contributed by atoms with E-state index in [1.165, 1.54) is 50.6 Å². The van der Waals surface area contributed by atoms with E-state index in [9.17, 15) is 58.0 Å². The standard InChI is InChI=1S/C27H28N8O4S.C17H15ClN6O3S.C12H7ClN6.C10H14N2O.C5H9BrO3S.C2H2Br2O.C2H7NO2S/c1-2-40(38,39)17-22(37)16-34-18-28-24-25(34)30-27(31-26(24)35-23-6-4-3-5-19(23)15-29-35)33-13-11-32(12-14-33)20-7-9-21(36)10-8-20;1-2-28(26,27)9-12(25)8-23-10-19-14-15(23)21-17(18)22-16(14)24-13-6-4-3-5-11(13)7-20-24;13-12-17-10-9(14-6-15-10)11(18-12)19-8-4-2-1-3-7(8)5-16-19;13-10-3-1-9(2-4-10)12-7-5-11-6-8-12;1-2-10(8,9)4-5(7)3-6;3-1-2(4)5;1-2-6(3,4)5/h3-10,15,18,36H,2,11-14,16-17H2,1H3;3-7,10H,2,8-9H2,1H3;1-6H,(H,14,15,17,18);1-4,11,13H,5-8H2;2-4H2,1H3;1H2;2H2,1H3,(H2,3,4,5). The molecule has 2 aliphatic rings. The summed E-state index contributed by atoms with van der Waals surface area (Å²) >= 11 is 20.5. The molecule has 0 aliphatic carbocycles. The van der Waals surface area contributed by atoms with Gasteiger partial charge in [0.1, 0.15) is 34.3 Å². The number of phenols is 2. The number of H-pyrrole nitrogens is 1. The van der Waals surface area contributed by atoms with Gasteiger partial charge >= 0.3 is 0 Å². The number of aromatic amines is 1. The number of carbonyl (C=O) groups excluding carboxylic acids is 4. The third-order valence-corrected chi connectivity index (χ3v) is 26.3. The molecule has 14 aromatic rings. The molecule has 9 aromatic heterocycles. The van der Waals surface area contributed by atoms with Gasteiger partial charge in [0.15, 0.2) is 92.3 Å². The van der Waals surface area contributed by atoms with Crippen molar-refractivity contribution in [1.82, 2.24) is 93.6 Å². The fourth-order valence-electron chi connectivity index (χ4n) is 11.8. The fraction of sp³-hybridized carbons (Fsp3) is 0.307. The molecule has 37 nitrogen and oxygen atoms in total. The smallest absolute Gasteiger partial charge is 0.229 e. The molecule has 16 rings (SSSR count). The highest BCUT2D eigenvalue weighted by atomic mass is 79.9. The molecule has 6 N–H and O–H groups in total. The number of sulfonamides is 1. The number of aromatic hydroxyl groups is 2. The van der Waals surface area contributed by atoms with Crippen molar-refractivity contribution >= 4 is 216 Å². The van der Waals surface area contributed by atoms with E-state index in [0.717, 1.165) is 77.7 Å². The number of ketones is 3. The number of nitrogens with two attached hydrogens (primary N) is 1. The highest BCUT2D eigenvalue weighted by Crippen LogP contribution is 2.30. The lowest BCUT2D eigenvalue weighted by molar-refractivity contribution is -0.118. The molecule has 5 aromatic carbocycles. The number of para-hydroxylation sites is 3. The molecular weight excluding hydrogens is 1890 g/mol. The van der Waals surface area contributed by atoms with Crippen LogP contribution in [-0.4, -0.2) is 258 Å². The summed E-state index contributed by atoms with van der Waals surface area (Å²) in [5.41, 5.74) is 7.70. The average molecular weight is 1970 g/mol. The van der Waals surface area contributed by atoms with E-state index in [1.54, 1.807) is 67.8 Å². The van der Waals surface area contributed by atoms with Crippen molar-refractivity contribution in [3.05, 3.63) is 169 Å². The fourth-order valence-corrected chi connectivity index (χ4v) is 15.0. The van der Waals surface area contributed by atoms with E-state index >= 15 is 0 Å². The number of primary sulfonamides is 1. The largest absolute Gasteiger partial charge is 0.508 e. The molecular formula is C75H82Br3Cl2N23O14S4. The van der Waals surface area contributed by atoms with Gasteiger partial charge in [0, 0.05) is 97.2 Å². The van der Waals surface area contributed by atoms with Crippen LogP contribution in [-0.2, 0) is 71.8 Å². The minimum atomic E-state index is -3.46. The van der Waals surface area contributed by atoms with Gasteiger partial charge in [0.25, 0.3) is 0 Å². The number of nitrogens with one attached hydrogen (secondary N) is 2. The highest BCUT2D eigenvalue weighted by molar-refractivity contribution is 9.19. The number of sulfone groups is 3.